The molecule has 0 unspecified atom stereocenters. The number of phenols is 1. The van der Waals surface area contributed by atoms with Crippen LogP contribution < -0.4 is 5.32 Å². The van der Waals surface area contributed by atoms with Gasteiger partial charge in [-0.25, -0.2) is 4.79 Å². The van der Waals surface area contributed by atoms with Crippen molar-refractivity contribution < 1.29 is 14.6 Å². The van der Waals surface area contributed by atoms with Gasteiger partial charge in [0.1, 0.15) is 5.75 Å². The quantitative estimate of drug-likeness (QED) is 0.623. The first-order valence-electron chi connectivity index (χ1n) is 10.3. The molecule has 1 aliphatic rings. The molecular formula is C24H31NO3. The fourth-order valence-corrected chi connectivity index (χ4v) is 3.98. The molecule has 1 aliphatic carbocycles. The van der Waals surface area contributed by atoms with Crippen molar-refractivity contribution in [2.75, 3.05) is 11.9 Å². The zero-order valence-corrected chi connectivity index (χ0v) is 16.9. The fourth-order valence-electron chi connectivity index (χ4n) is 3.98. The number of anilines is 1. The molecule has 3 rings (SSSR count). The topological polar surface area (TPSA) is 58.6 Å². The lowest BCUT2D eigenvalue weighted by Gasteiger charge is -2.26. The lowest BCUT2D eigenvalue weighted by Crippen LogP contribution is -2.20. The molecular weight excluding hydrogens is 350 g/mol. The van der Waals surface area contributed by atoms with Crippen LogP contribution in [0, 0.1) is 5.92 Å². The summed E-state index contributed by atoms with van der Waals surface area (Å²) in [4.78, 5) is 12.2. The van der Waals surface area contributed by atoms with E-state index in [-0.39, 0.29) is 11.2 Å². The van der Waals surface area contributed by atoms with E-state index in [2.05, 4.69) is 19.2 Å². The van der Waals surface area contributed by atoms with Crippen molar-refractivity contribution >= 4 is 11.8 Å². The van der Waals surface area contributed by atoms with Gasteiger partial charge in [-0.3, -0.25) is 5.32 Å². The average molecular weight is 382 g/mol. The molecule has 28 heavy (non-hydrogen) atoms. The van der Waals surface area contributed by atoms with Crippen molar-refractivity contribution in [1.29, 1.82) is 0 Å². The van der Waals surface area contributed by atoms with E-state index in [1.165, 1.54) is 32.1 Å². The molecule has 0 bridgehead atoms. The zero-order chi connectivity index (χ0) is 20.0. The van der Waals surface area contributed by atoms with E-state index >= 15 is 0 Å². The van der Waals surface area contributed by atoms with Gasteiger partial charge in [0.05, 0.1) is 6.61 Å². The molecule has 0 heterocycles. The molecule has 150 valence electrons. The number of hydrogen-bond donors (Lipinski definition) is 2. The van der Waals surface area contributed by atoms with E-state index < -0.39 is 6.09 Å². The summed E-state index contributed by atoms with van der Waals surface area (Å²) >= 11 is 0. The number of phenolic OH excluding ortho intramolecular Hbond substituents is 1. The number of amides is 1. The molecule has 0 aromatic heterocycles. The van der Waals surface area contributed by atoms with Crippen LogP contribution >= 0.6 is 0 Å². The minimum Gasteiger partial charge on any atom is -0.508 e. The van der Waals surface area contributed by atoms with Gasteiger partial charge in [0, 0.05) is 11.1 Å². The highest BCUT2D eigenvalue weighted by molar-refractivity contribution is 5.84. The lowest BCUT2D eigenvalue weighted by molar-refractivity contribution is 0.148. The maximum Gasteiger partial charge on any atom is 0.411 e. The first kappa shape index (κ1) is 20.2. The summed E-state index contributed by atoms with van der Waals surface area (Å²) in [7, 11) is 0. The highest BCUT2D eigenvalue weighted by Gasteiger charge is 2.23. The summed E-state index contributed by atoms with van der Waals surface area (Å²) < 4.78 is 5.39. The van der Waals surface area contributed by atoms with Gasteiger partial charge >= 0.3 is 6.09 Å². The van der Waals surface area contributed by atoms with Gasteiger partial charge in [0.15, 0.2) is 0 Å². The van der Waals surface area contributed by atoms with Crippen LogP contribution in [-0.4, -0.2) is 17.8 Å². The van der Waals surface area contributed by atoms with E-state index in [1.807, 2.05) is 36.4 Å². The number of benzene rings is 2. The van der Waals surface area contributed by atoms with Crippen LogP contribution in [0.15, 0.2) is 48.5 Å². The van der Waals surface area contributed by atoms with E-state index in [0.29, 0.717) is 12.5 Å². The van der Waals surface area contributed by atoms with Crippen LogP contribution in [0.25, 0.3) is 0 Å². The van der Waals surface area contributed by atoms with Crippen LogP contribution in [0.4, 0.5) is 10.5 Å². The molecule has 4 heteroatoms. The van der Waals surface area contributed by atoms with Crippen LogP contribution in [0.3, 0.4) is 0 Å². The van der Waals surface area contributed by atoms with Crippen molar-refractivity contribution in [2.24, 2.45) is 5.92 Å². The largest absolute Gasteiger partial charge is 0.508 e. The van der Waals surface area contributed by atoms with Gasteiger partial charge < -0.3 is 9.84 Å². The van der Waals surface area contributed by atoms with Crippen molar-refractivity contribution in [3.63, 3.8) is 0 Å². The Labute approximate surface area is 167 Å². The minimum atomic E-state index is -0.393. The number of carbonyl (C=O) groups excluding carboxylic acids is 1. The lowest BCUT2D eigenvalue weighted by atomic mass is 9.78. The molecule has 1 fully saturated rings. The third kappa shape index (κ3) is 5.28. The second-order valence-corrected chi connectivity index (χ2v) is 8.31. The Morgan fingerprint density at radius 1 is 1.07 bits per heavy atom. The standard InChI is InChI=1S/C24H31NO3/c1-24(2,19-11-13-22(26)14-12-19)20-9-6-10-21(17-20)25-23(27)28-16-15-18-7-4-3-5-8-18/h6,9-14,17-18,26H,3-5,7-8,15-16H2,1-2H3,(H,25,27). The Bertz CT molecular complexity index is 777. The Morgan fingerprint density at radius 2 is 1.79 bits per heavy atom. The van der Waals surface area contributed by atoms with E-state index in [0.717, 1.165) is 23.2 Å². The summed E-state index contributed by atoms with van der Waals surface area (Å²) in [5.74, 6) is 0.960. The van der Waals surface area contributed by atoms with Crippen molar-refractivity contribution in [3.8, 4) is 5.75 Å². The molecule has 2 aromatic carbocycles. The van der Waals surface area contributed by atoms with Gasteiger partial charge in [0.25, 0.3) is 0 Å². The molecule has 2 aromatic rings. The third-order valence-electron chi connectivity index (χ3n) is 5.90. The Morgan fingerprint density at radius 3 is 2.50 bits per heavy atom. The highest BCUT2D eigenvalue weighted by atomic mass is 16.5. The van der Waals surface area contributed by atoms with Crippen molar-refractivity contribution in [3.05, 3.63) is 59.7 Å². The number of rotatable bonds is 6. The molecule has 0 saturated heterocycles. The normalized spacial score (nSPS) is 15.2. The second-order valence-electron chi connectivity index (χ2n) is 8.31. The van der Waals surface area contributed by atoms with Gasteiger partial charge in [0.2, 0.25) is 0 Å². The SMILES string of the molecule is CC(C)(c1ccc(O)cc1)c1cccc(NC(=O)OCCC2CCCCC2)c1. The summed E-state index contributed by atoms with van der Waals surface area (Å²) in [6.45, 7) is 4.73. The summed E-state index contributed by atoms with van der Waals surface area (Å²) in [5.41, 5.74) is 2.65. The fraction of sp³-hybridized carbons (Fsp3) is 0.458. The zero-order valence-electron chi connectivity index (χ0n) is 16.9. The van der Waals surface area contributed by atoms with Crippen LogP contribution in [0.2, 0.25) is 0 Å². The third-order valence-corrected chi connectivity index (χ3v) is 5.90. The number of carbonyl (C=O) groups is 1. The molecule has 1 saturated carbocycles. The maximum atomic E-state index is 12.2. The number of nitrogens with one attached hydrogen (secondary N) is 1. The first-order chi connectivity index (χ1) is 13.4. The Hall–Kier alpha value is -2.49. The molecule has 0 aliphatic heterocycles. The van der Waals surface area contributed by atoms with Gasteiger partial charge in [-0.2, -0.15) is 0 Å². The van der Waals surface area contributed by atoms with Gasteiger partial charge in [-0.15, -0.1) is 0 Å². The number of ether oxygens (including phenoxy) is 1. The number of hydrogen-bond acceptors (Lipinski definition) is 3. The van der Waals surface area contributed by atoms with Crippen LogP contribution in [0.5, 0.6) is 5.75 Å². The molecule has 0 spiro atoms. The van der Waals surface area contributed by atoms with Gasteiger partial charge in [-0.1, -0.05) is 70.2 Å². The Balaban J connectivity index is 1.57. The molecule has 0 radical (unpaired) electrons. The van der Waals surface area contributed by atoms with E-state index in [4.69, 9.17) is 4.74 Å². The molecule has 0 atom stereocenters. The Kier molecular flexibility index (Phi) is 6.61. The highest BCUT2D eigenvalue weighted by Crippen LogP contribution is 2.33. The monoisotopic (exact) mass is 381 g/mol. The first-order valence-corrected chi connectivity index (χ1v) is 10.3. The van der Waals surface area contributed by atoms with Crippen LogP contribution in [-0.2, 0) is 10.2 Å². The maximum absolute atomic E-state index is 12.2. The molecule has 1 amide bonds. The second kappa shape index (κ2) is 9.13. The predicted molar refractivity (Wildman–Crippen MR) is 113 cm³/mol. The smallest absolute Gasteiger partial charge is 0.411 e. The van der Waals surface area contributed by atoms with E-state index in [1.54, 1.807) is 12.1 Å². The predicted octanol–water partition coefficient (Wildman–Crippen LogP) is 6.24. The average Bonchev–Trinajstić information content (AvgIpc) is 2.69. The van der Waals surface area contributed by atoms with Crippen molar-refractivity contribution in [2.45, 2.75) is 57.8 Å². The van der Waals surface area contributed by atoms with E-state index in [9.17, 15) is 9.90 Å². The van der Waals surface area contributed by atoms with Crippen molar-refractivity contribution in [1.82, 2.24) is 0 Å². The summed E-state index contributed by atoms with van der Waals surface area (Å²) in [5, 5.41) is 12.4. The molecule has 2 N–H and O–H groups in total. The summed E-state index contributed by atoms with van der Waals surface area (Å²) in [6, 6.07) is 15.1. The van der Waals surface area contributed by atoms with Crippen LogP contribution in [0.1, 0.15) is 63.5 Å². The number of aromatic hydroxyl groups is 1. The van der Waals surface area contributed by atoms with Gasteiger partial charge in [-0.05, 0) is 47.7 Å². The minimum absolute atomic E-state index is 0.254. The summed E-state index contributed by atoms with van der Waals surface area (Å²) in [6.07, 6.45) is 7.05. The molecule has 4 nitrogen and oxygen atoms in total.